The molecule has 2 aromatic carbocycles. The number of Topliss-reactive ketones (excluding diaryl/α,β-unsaturated/α-hetero) is 1. The highest BCUT2D eigenvalue weighted by atomic mass is 32.1. The highest BCUT2D eigenvalue weighted by molar-refractivity contribution is 7.80. The number of rotatable bonds is 9. The summed E-state index contributed by atoms with van der Waals surface area (Å²) in [7, 11) is 0. The number of carbonyl (C=O) groups excluding carboxylic acids is 1. The molecule has 136 valence electrons. The van der Waals surface area contributed by atoms with Gasteiger partial charge in [-0.3, -0.25) is 4.79 Å². The number of carbonyl (C=O) groups is 2. The van der Waals surface area contributed by atoms with Gasteiger partial charge in [0.15, 0.2) is 11.9 Å². The first kappa shape index (κ1) is 19.8. The summed E-state index contributed by atoms with van der Waals surface area (Å²) in [6.45, 7) is 0. The first-order chi connectivity index (χ1) is 12.5. The Labute approximate surface area is 157 Å². The van der Waals surface area contributed by atoms with E-state index in [4.69, 9.17) is 17.3 Å². The van der Waals surface area contributed by atoms with Gasteiger partial charge in [0.1, 0.15) is 0 Å². The lowest BCUT2D eigenvalue weighted by Gasteiger charge is -2.23. The Bertz CT molecular complexity index is 749. The quantitative estimate of drug-likeness (QED) is 0.464. The maximum absolute atomic E-state index is 12.1. The maximum Gasteiger partial charge on any atom is 0.334 e. The molecule has 6 heteroatoms. The summed E-state index contributed by atoms with van der Waals surface area (Å²) < 4.78 is 0. The van der Waals surface area contributed by atoms with Crippen LogP contribution in [0.5, 0.6) is 0 Å². The molecule has 0 bridgehead atoms. The minimum absolute atomic E-state index is 0.0341. The standard InChI is InChI=1S/C20H21NO4S/c22-17(15-9-5-2-6-10-15)11-12-18(26)21-16(19(23)20(24)25)13-14-7-3-1-4-8-14/h1-10,16,19,23H,11-13H2,(H,21,26)(H,24,25)/t16-,19+/m1/s1. The van der Waals surface area contributed by atoms with Crippen LogP contribution in [0.2, 0.25) is 0 Å². The van der Waals surface area contributed by atoms with Gasteiger partial charge in [-0.15, -0.1) is 0 Å². The zero-order chi connectivity index (χ0) is 18.9. The van der Waals surface area contributed by atoms with Crippen LogP contribution in [-0.2, 0) is 11.2 Å². The van der Waals surface area contributed by atoms with E-state index in [1.165, 1.54) is 0 Å². The molecule has 0 saturated heterocycles. The number of ketones is 1. The first-order valence-corrected chi connectivity index (χ1v) is 8.70. The zero-order valence-electron chi connectivity index (χ0n) is 14.2. The Kier molecular flexibility index (Phi) is 7.44. The topological polar surface area (TPSA) is 86.6 Å². The lowest BCUT2D eigenvalue weighted by atomic mass is 10.0. The molecular formula is C20H21NO4S. The van der Waals surface area contributed by atoms with Gasteiger partial charge in [-0.2, -0.15) is 0 Å². The van der Waals surface area contributed by atoms with Crippen LogP contribution in [0.15, 0.2) is 60.7 Å². The van der Waals surface area contributed by atoms with Crippen LogP contribution < -0.4 is 5.32 Å². The van der Waals surface area contributed by atoms with Gasteiger partial charge >= 0.3 is 5.97 Å². The Morgan fingerprint density at radius 3 is 2.12 bits per heavy atom. The molecule has 3 N–H and O–H groups in total. The monoisotopic (exact) mass is 371 g/mol. The summed E-state index contributed by atoms with van der Waals surface area (Å²) in [5.74, 6) is -1.35. The molecule has 0 saturated carbocycles. The summed E-state index contributed by atoms with van der Waals surface area (Å²) in [6.07, 6.45) is -0.781. The van der Waals surface area contributed by atoms with Crippen molar-refractivity contribution >= 4 is 29.0 Å². The van der Waals surface area contributed by atoms with Crippen LogP contribution in [-0.4, -0.2) is 39.1 Å². The van der Waals surface area contributed by atoms with E-state index in [2.05, 4.69) is 5.32 Å². The molecule has 0 radical (unpaired) electrons. The van der Waals surface area contributed by atoms with Gasteiger partial charge in [0.25, 0.3) is 0 Å². The third kappa shape index (κ3) is 6.06. The van der Waals surface area contributed by atoms with Crippen molar-refractivity contribution < 1.29 is 19.8 Å². The summed E-state index contributed by atoms with van der Waals surface area (Å²) in [6, 6.07) is 17.4. The second-order valence-electron chi connectivity index (χ2n) is 5.94. The number of thiocarbonyl (C=S) groups is 1. The molecule has 0 amide bonds. The highest BCUT2D eigenvalue weighted by Gasteiger charge is 2.26. The van der Waals surface area contributed by atoms with Crippen LogP contribution in [0.1, 0.15) is 28.8 Å². The fourth-order valence-corrected chi connectivity index (χ4v) is 2.81. The normalized spacial score (nSPS) is 12.8. The van der Waals surface area contributed by atoms with E-state index in [9.17, 15) is 14.7 Å². The SMILES string of the molecule is O=C(CCC(=S)N[C@H](Cc1ccccc1)[C@H](O)C(=O)O)c1ccccc1. The average molecular weight is 371 g/mol. The molecule has 0 aliphatic rings. The fraction of sp³-hybridized carbons (Fsp3) is 0.250. The molecule has 0 spiro atoms. The number of hydrogen-bond donors (Lipinski definition) is 3. The average Bonchev–Trinajstić information content (AvgIpc) is 2.66. The van der Waals surface area contributed by atoms with E-state index in [0.29, 0.717) is 23.4 Å². The number of hydrogen-bond acceptors (Lipinski definition) is 4. The molecular weight excluding hydrogens is 350 g/mol. The van der Waals surface area contributed by atoms with Crippen LogP contribution in [0, 0.1) is 0 Å². The van der Waals surface area contributed by atoms with E-state index in [-0.39, 0.29) is 12.2 Å². The van der Waals surface area contributed by atoms with E-state index in [0.717, 1.165) is 5.56 Å². The maximum atomic E-state index is 12.1. The molecule has 0 aliphatic carbocycles. The molecule has 2 atom stereocenters. The van der Waals surface area contributed by atoms with Crippen molar-refractivity contribution in [2.75, 3.05) is 0 Å². The number of aliphatic carboxylic acids is 1. The van der Waals surface area contributed by atoms with Crippen molar-refractivity contribution in [1.82, 2.24) is 5.32 Å². The van der Waals surface area contributed by atoms with Crippen LogP contribution in [0.4, 0.5) is 0 Å². The molecule has 2 aromatic rings. The van der Waals surface area contributed by atoms with Crippen molar-refractivity contribution in [1.29, 1.82) is 0 Å². The lowest BCUT2D eigenvalue weighted by molar-refractivity contribution is -0.147. The van der Waals surface area contributed by atoms with Crippen molar-refractivity contribution in [3.05, 3.63) is 71.8 Å². The molecule has 26 heavy (non-hydrogen) atoms. The largest absolute Gasteiger partial charge is 0.479 e. The van der Waals surface area contributed by atoms with Gasteiger partial charge in [-0.25, -0.2) is 4.79 Å². The van der Waals surface area contributed by atoms with Gasteiger partial charge in [0.05, 0.1) is 11.0 Å². The Hall–Kier alpha value is -2.57. The Morgan fingerprint density at radius 1 is 0.962 bits per heavy atom. The van der Waals surface area contributed by atoms with Gasteiger partial charge < -0.3 is 15.5 Å². The summed E-state index contributed by atoms with van der Waals surface area (Å²) in [5, 5.41) is 22.0. The van der Waals surface area contributed by atoms with Crippen molar-refractivity contribution in [2.45, 2.75) is 31.4 Å². The summed E-state index contributed by atoms with van der Waals surface area (Å²) in [4.78, 5) is 23.7. The van der Waals surface area contributed by atoms with E-state index in [1.807, 2.05) is 36.4 Å². The van der Waals surface area contributed by atoms with E-state index in [1.54, 1.807) is 24.3 Å². The van der Waals surface area contributed by atoms with Crippen molar-refractivity contribution in [3.8, 4) is 0 Å². The Morgan fingerprint density at radius 2 is 1.54 bits per heavy atom. The number of benzene rings is 2. The highest BCUT2D eigenvalue weighted by Crippen LogP contribution is 2.09. The van der Waals surface area contributed by atoms with Crippen LogP contribution in [0.3, 0.4) is 0 Å². The molecule has 0 aliphatic heterocycles. The predicted octanol–water partition coefficient (Wildman–Crippen LogP) is 2.62. The van der Waals surface area contributed by atoms with Gasteiger partial charge in [-0.1, -0.05) is 72.9 Å². The van der Waals surface area contributed by atoms with E-state index < -0.39 is 18.1 Å². The molecule has 0 aromatic heterocycles. The smallest absolute Gasteiger partial charge is 0.334 e. The molecule has 5 nitrogen and oxygen atoms in total. The predicted molar refractivity (Wildman–Crippen MR) is 103 cm³/mol. The molecule has 0 heterocycles. The van der Waals surface area contributed by atoms with Crippen molar-refractivity contribution in [2.24, 2.45) is 0 Å². The second-order valence-corrected chi connectivity index (χ2v) is 6.43. The summed E-state index contributed by atoms with van der Waals surface area (Å²) >= 11 is 5.25. The van der Waals surface area contributed by atoms with Crippen LogP contribution in [0.25, 0.3) is 0 Å². The van der Waals surface area contributed by atoms with Crippen molar-refractivity contribution in [3.63, 3.8) is 0 Å². The zero-order valence-corrected chi connectivity index (χ0v) is 15.0. The van der Waals surface area contributed by atoms with Gasteiger partial charge in [-0.05, 0) is 12.0 Å². The first-order valence-electron chi connectivity index (χ1n) is 8.30. The number of aliphatic hydroxyl groups is 1. The molecule has 2 rings (SSSR count). The number of nitrogens with one attached hydrogen (secondary N) is 1. The Balaban J connectivity index is 1.95. The van der Waals surface area contributed by atoms with E-state index >= 15 is 0 Å². The number of carboxylic acid groups (broad SMARTS) is 1. The summed E-state index contributed by atoms with van der Waals surface area (Å²) in [5.41, 5.74) is 1.50. The number of carboxylic acids is 1. The molecule has 0 fully saturated rings. The van der Waals surface area contributed by atoms with Crippen LogP contribution >= 0.6 is 12.2 Å². The minimum Gasteiger partial charge on any atom is -0.479 e. The lowest BCUT2D eigenvalue weighted by Crippen LogP contribution is -2.47. The second kappa shape index (κ2) is 9.79. The number of aliphatic hydroxyl groups excluding tert-OH is 1. The third-order valence-electron chi connectivity index (χ3n) is 3.95. The minimum atomic E-state index is -1.60. The van der Waals surface area contributed by atoms with Gasteiger partial charge in [0, 0.05) is 18.4 Å². The van der Waals surface area contributed by atoms with Gasteiger partial charge in [0.2, 0.25) is 0 Å². The molecule has 0 unspecified atom stereocenters. The fourth-order valence-electron chi connectivity index (χ4n) is 2.56. The third-order valence-corrected chi connectivity index (χ3v) is 4.28.